The predicted molar refractivity (Wildman–Crippen MR) is 96.6 cm³/mol. The Morgan fingerprint density at radius 3 is 2.40 bits per heavy atom. The Bertz CT molecular complexity index is 656. The summed E-state index contributed by atoms with van der Waals surface area (Å²) < 4.78 is 0. The van der Waals surface area contributed by atoms with Crippen molar-refractivity contribution in [3.8, 4) is 6.07 Å². The smallest absolute Gasteiger partial charge is 0.223 e. The molecule has 0 saturated carbocycles. The lowest BCUT2D eigenvalue weighted by Gasteiger charge is -2.39. The van der Waals surface area contributed by atoms with Crippen molar-refractivity contribution in [2.24, 2.45) is 11.1 Å². The van der Waals surface area contributed by atoms with Crippen LogP contribution in [0.5, 0.6) is 0 Å². The Kier molecular flexibility index (Phi) is 5.68. The number of para-hydroxylation sites is 1. The van der Waals surface area contributed by atoms with Crippen molar-refractivity contribution in [2.75, 3.05) is 18.0 Å². The van der Waals surface area contributed by atoms with E-state index in [-0.39, 0.29) is 12.3 Å². The standard InChI is InChI=1S/C19H26N4O2/c1-18(2,17(21)25)9-8-16(24)22-19(14-20)10-12-23(13-11-19)15-6-4-3-5-7-15/h3-7H,8-13H2,1-2H3,(H2,21,25)(H,22,24). The van der Waals surface area contributed by atoms with Gasteiger partial charge in [-0.25, -0.2) is 0 Å². The van der Waals surface area contributed by atoms with Gasteiger partial charge < -0.3 is 16.0 Å². The highest BCUT2D eigenvalue weighted by Crippen LogP contribution is 2.27. The van der Waals surface area contributed by atoms with Gasteiger partial charge in [-0.1, -0.05) is 32.0 Å². The first kappa shape index (κ1) is 18.8. The quantitative estimate of drug-likeness (QED) is 0.825. The molecule has 3 N–H and O–H groups in total. The van der Waals surface area contributed by atoms with Crippen LogP contribution in [0.25, 0.3) is 0 Å². The van der Waals surface area contributed by atoms with Gasteiger partial charge in [0.25, 0.3) is 0 Å². The van der Waals surface area contributed by atoms with Crippen molar-refractivity contribution < 1.29 is 9.59 Å². The molecule has 1 fully saturated rings. The first-order chi connectivity index (χ1) is 11.8. The molecule has 6 heteroatoms. The first-order valence-corrected chi connectivity index (χ1v) is 8.60. The number of primary amides is 1. The van der Waals surface area contributed by atoms with Crippen LogP contribution in [0.3, 0.4) is 0 Å². The van der Waals surface area contributed by atoms with Gasteiger partial charge in [0.2, 0.25) is 11.8 Å². The molecule has 0 aliphatic carbocycles. The maximum Gasteiger partial charge on any atom is 0.223 e. The number of piperidine rings is 1. The summed E-state index contributed by atoms with van der Waals surface area (Å²) in [7, 11) is 0. The van der Waals surface area contributed by atoms with Crippen molar-refractivity contribution >= 4 is 17.5 Å². The Morgan fingerprint density at radius 1 is 1.28 bits per heavy atom. The van der Waals surface area contributed by atoms with E-state index in [0.29, 0.717) is 32.4 Å². The molecule has 0 aromatic heterocycles. The van der Waals surface area contributed by atoms with E-state index in [9.17, 15) is 14.9 Å². The molecular formula is C19H26N4O2. The number of nitrogens with one attached hydrogen (secondary N) is 1. The maximum absolute atomic E-state index is 12.3. The van der Waals surface area contributed by atoms with Crippen LogP contribution in [-0.4, -0.2) is 30.4 Å². The minimum atomic E-state index is -0.834. The molecule has 2 amide bonds. The Labute approximate surface area is 149 Å². The first-order valence-electron chi connectivity index (χ1n) is 8.60. The van der Waals surface area contributed by atoms with Crippen molar-refractivity contribution in [1.29, 1.82) is 5.26 Å². The fourth-order valence-corrected chi connectivity index (χ4v) is 2.93. The van der Waals surface area contributed by atoms with Crippen LogP contribution in [0.15, 0.2) is 30.3 Å². The Balaban J connectivity index is 1.91. The van der Waals surface area contributed by atoms with Gasteiger partial charge in [0.15, 0.2) is 0 Å². The molecule has 0 bridgehead atoms. The summed E-state index contributed by atoms with van der Waals surface area (Å²) in [5, 5.41) is 12.5. The van der Waals surface area contributed by atoms with Gasteiger partial charge in [-0.05, 0) is 18.6 Å². The van der Waals surface area contributed by atoms with E-state index in [1.54, 1.807) is 13.8 Å². The van der Waals surface area contributed by atoms with Crippen molar-refractivity contribution in [3.05, 3.63) is 30.3 Å². The summed E-state index contributed by atoms with van der Waals surface area (Å²) in [5.74, 6) is -0.629. The molecule has 1 aliphatic rings. The lowest BCUT2D eigenvalue weighted by Crippen LogP contribution is -2.54. The Morgan fingerprint density at radius 2 is 1.88 bits per heavy atom. The molecule has 1 aliphatic heterocycles. The third-order valence-electron chi connectivity index (χ3n) is 4.98. The molecule has 0 spiro atoms. The molecule has 1 aromatic carbocycles. The summed E-state index contributed by atoms with van der Waals surface area (Å²) in [5.41, 5.74) is 4.90. The molecule has 25 heavy (non-hydrogen) atoms. The largest absolute Gasteiger partial charge is 0.371 e. The minimum Gasteiger partial charge on any atom is -0.371 e. The number of nitrogens with two attached hydrogens (primary N) is 1. The van der Waals surface area contributed by atoms with E-state index in [4.69, 9.17) is 5.73 Å². The van der Waals surface area contributed by atoms with Gasteiger partial charge >= 0.3 is 0 Å². The van der Waals surface area contributed by atoms with E-state index in [1.165, 1.54) is 0 Å². The van der Waals surface area contributed by atoms with Gasteiger partial charge in [-0.2, -0.15) is 5.26 Å². The number of carbonyl (C=O) groups excluding carboxylic acids is 2. The molecule has 6 nitrogen and oxygen atoms in total. The van der Waals surface area contributed by atoms with Crippen molar-refractivity contribution in [3.63, 3.8) is 0 Å². The SMILES string of the molecule is CC(C)(CCC(=O)NC1(C#N)CCN(c2ccccc2)CC1)C(N)=O. The third kappa shape index (κ3) is 4.72. The van der Waals surface area contributed by atoms with Crippen LogP contribution in [0, 0.1) is 16.7 Å². The molecule has 1 aromatic rings. The number of benzene rings is 1. The van der Waals surface area contributed by atoms with Crippen LogP contribution in [0.4, 0.5) is 5.69 Å². The zero-order valence-electron chi connectivity index (χ0n) is 14.9. The van der Waals surface area contributed by atoms with Crippen LogP contribution in [0.2, 0.25) is 0 Å². The fraction of sp³-hybridized carbons (Fsp3) is 0.526. The second-order valence-corrected chi connectivity index (χ2v) is 7.31. The summed E-state index contributed by atoms with van der Waals surface area (Å²) in [6.45, 7) is 4.87. The van der Waals surface area contributed by atoms with Crippen molar-refractivity contribution in [1.82, 2.24) is 5.32 Å². The number of hydrogen-bond acceptors (Lipinski definition) is 4. The number of amides is 2. The fourth-order valence-electron chi connectivity index (χ4n) is 2.93. The third-order valence-corrected chi connectivity index (χ3v) is 4.98. The average molecular weight is 342 g/mol. The maximum atomic E-state index is 12.3. The molecule has 134 valence electrons. The second-order valence-electron chi connectivity index (χ2n) is 7.31. The van der Waals surface area contributed by atoms with Gasteiger partial charge in [-0.15, -0.1) is 0 Å². The summed E-state index contributed by atoms with van der Waals surface area (Å²) >= 11 is 0. The van der Waals surface area contributed by atoms with Crippen molar-refractivity contribution in [2.45, 2.75) is 45.1 Å². The molecular weight excluding hydrogens is 316 g/mol. The van der Waals surface area contributed by atoms with Crippen LogP contribution in [-0.2, 0) is 9.59 Å². The van der Waals surface area contributed by atoms with Crippen LogP contribution in [0.1, 0.15) is 39.5 Å². The van der Waals surface area contributed by atoms with E-state index in [1.807, 2.05) is 30.3 Å². The lowest BCUT2D eigenvalue weighted by atomic mass is 9.85. The number of hydrogen-bond donors (Lipinski definition) is 2. The monoisotopic (exact) mass is 342 g/mol. The van der Waals surface area contributed by atoms with E-state index >= 15 is 0 Å². The number of rotatable bonds is 6. The van der Waals surface area contributed by atoms with E-state index in [0.717, 1.165) is 5.69 Å². The zero-order chi connectivity index (χ0) is 18.5. The minimum absolute atomic E-state index is 0.182. The summed E-state index contributed by atoms with van der Waals surface area (Å²) in [6.07, 6.45) is 1.69. The van der Waals surface area contributed by atoms with Gasteiger partial charge in [0.1, 0.15) is 5.54 Å². The number of carbonyl (C=O) groups is 2. The molecule has 0 atom stereocenters. The van der Waals surface area contributed by atoms with Crippen LogP contribution >= 0.6 is 0 Å². The Hall–Kier alpha value is -2.55. The highest BCUT2D eigenvalue weighted by atomic mass is 16.2. The summed E-state index contributed by atoms with van der Waals surface area (Å²) in [6, 6.07) is 12.3. The topological polar surface area (TPSA) is 99.2 Å². The predicted octanol–water partition coefficient (Wildman–Crippen LogP) is 1.96. The summed E-state index contributed by atoms with van der Waals surface area (Å²) in [4.78, 5) is 25.8. The average Bonchev–Trinajstić information content (AvgIpc) is 2.61. The van der Waals surface area contributed by atoms with Gasteiger partial charge in [-0.3, -0.25) is 9.59 Å². The lowest BCUT2D eigenvalue weighted by molar-refractivity contribution is -0.127. The van der Waals surface area contributed by atoms with E-state index < -0.39 is 16.9 Å². The molecule has 1 heterocycles. The van der Waals surface area contributed by atoms with Crippen LogP contribution < -0.4 is 16.0 Å². The normalized spacial score (nSPS) is 16.8. The highest BCUT2D eigenvalue weighted by Gasteiger charge is 2.36. The second kappa shape index (κ2) is 7.56. The molecule has 1 saturated heterocycles. The van der Waals surface area contributed by atoms with E-state index in [2.05, 4.69) is 16.3 Å². The molecule has 2 rings (SSSR count). The zero-order valence-corrected chi connectivity index (χ0v) is 14.9. The highest BCUT2D eigenvalue weighted by molar-refractivity contribution is 5.82. The molecule has 0 radical (unpaired) electrons. The number of nitrogens with zero attached hydrogens (tertiary/aromatic N) is 2. The van der Waals surface area contributed by atoms with Gasteiger partial charge in [0.05, 0.1) is 6.07 Å². The number of anilines is 1. The molecule has 0 unspecified atom stereocenters. The van der Waals surface area contributed by atoms with Gasteiger partial charge in [0, 0.05) is 43.5 Å². The number of nitriles is 1.